The Kier molecular flexibility index (Phi) is 3.50. The van der Waals surface area contributed by atoms with Gasteiger partial charge < -0.3 is 14.2 Å². The van der Waals surface area contributed by atoms with Gasteiger partial charge in [-0.25, -0.2) is 0 Å². The average Bonchev–Trinajstić information content (AvgIpc) is 3.10. The monoisotopic (exact) mass is 286 g/mol. The summed E-state index contributed by atoms with van der Waals surface area (Å²) in [6.45, 7) is 0. The molecule has 3 heteroatoms. The molecule has 0 N–H and O–H groups in total. The lowest BCUT2D eigenvalue weighted by molar-refractivity contribution is 0.0622. The maximum absolute atomic E-state index is 6.16. The second kappa shape index (κ2) is 5.63. The van der Waals surface area contributed by atoms with Crippen molar-refractivity contribution in [2.24, 2.45) is 0 Å². The van der Waals surface area contributed by atoms with Crippen LogP contribution < -0.4 is 0 Å². The van der Waals surface area contributed by atoms with Gasteiger partial charge in [0.15, 0.2) is 11.9 Å². The Hall–Kier alpha value is -1.64. The molecule has 0 fully saturated rings. The maximum atomic E-state index is 6.16. The van der Waals surface area contributed by atoms with Gasteiger partial charge in [-0.3, -0.25) is 0 Å². The third-order valence-electron chi connectivity index (χ3n) is 4.36. The van der Waals surface area contributed by atoms with Crippen LogP contribution in [0.2, 0.25) is 0 Å². The fourth-order valence-corrected chi connectivity index (χ4v) is 2.93. The quantitative estimate of drug-likeness (QED) is 0.699. The number of allylic oxidation sites excluding steroid dienone is 7. The molecule has 0 saturated heterocycles. The average molecular weight is 286 g/mol. The molecule has 3 nitrogen and oxygen atoms in total. The Labute approximate surface area is 126 Å². The van der Waals surface area contributed by atoms with Gasteiger partial charge in [-0.15, -0.1) is 0 Å². The van der Waals surface area contributed by atoms with Crippen molar-refractivity contribution in [2.75, 3.05) is 0 Å². The van der Waals surface area contributed by atoms with E-state index in [1.165, 1.54) is 6.42 Å². The molecular formula is C18H22O3. The van der Waals surface area contributed by atoms with E-state index in [2.05, 4.69) is 18.2 Å². The fraction of sp³-hybridized carbons (Fsp3) is 0.556. The normalized spacial score (nSPS) is 27.4. The van der Waals surface area contributed by atoms with Gasteiger partial charge in [0.1, 0.15) is 11.5 Å². The van der Waals surface area contributed by atoms with Crippen LogP contribution >= 0.6 is 0 Å². The summed E-state index contributed by atoms with van der Waals surface area (Å²) in [5.74, 6) is 5.21. The third kappa shape index (κ3) is 3.02. The number of hydrogen-bond donors (Lipinski definition) is 0. The van der Waals surface area contributed by atoms with Crippen LogP contribution in [0.25, 0.3) is 0 Å². The molecule has 0 amide bonds. The molecular weight excluding hydrogens is 264 g/mol. The van der Waals surface area contributed by atoms with Crippen molar-refractivity contribution in [3.63, 3.8) is 0 Å². The molecule has 112 valence electrons. The van der Waals surface area contributed by atoms with E-state index in [1.807, 2.05) is 0 Å². The van der Waals surface area contributed by atoms with E-state index in [-0.39, 0.29) is 6.10 Å². The standard InChI is InChI=1S/C18H22O3/c1-2-6-13(5-1)19-16-9-4-10-17(20-15-11-12-15)18(16)21-14-7-3-8-14/h5,7,11,17H,1-4,6,8-10,12H2. The van der Waals surface area contributed by atoms with Gasteiger partial charge >= 0.3 is 0 Å². The highest BCUT2D eigenvalue weighted by Gasteiger charge is 2.32. The molecule has 0 aromatic carbocycles. The summed E-state index contributed by atoms with van der Waals surface area (Å²) < 4.78 is 18.3. The minimum Gasteiger partial charge on any atom is -0.487 e. The first-order valence-corrected chi connectivity index (χ1v) is 8.21. The highest BCUT2D eigenvalue weighted by molar-refractivity contribution is 5.22. The second-order valence-corrected chi connectivity index (χ2v) is 6.14. The molecule has 0 saturated carbocycles. The van der Waals surface area contributed by atoms with E-state index >= 15 is 0 Å². The molecule has 1 unspecified atom stereocenters. The van der Waals surface area contributed by atoms with Gasteiger partial charge in [-0.2, -0.15) is 0 Å². The van der Waals surface area contributed by atoms with E-state index in [0.29, 0.717) is 0 Å². The predicted octanol–water partition coefficient (Wildman–Crippen LogP) is 4.83. The summed E-state index contributed by atoms with van der Waals surface area (Å²) in [5, 5.41) is 0. The minimum atomic E-state index is 0.0333. The van der Waals surface area contributed by atoms with Crippen LogP contribution in [0, 0.1) is 0 Å². The van der Waals surface area contributed by atoms with Crippen LogP contribution in [-0.4, -0.2) is 6.10 Å². The Bertz CT molecular complexity index is 551. The summed E-state index contributed by atoms with van der Waals surface area (Å²) in [4.78, 5) is 0. The van der Waals surface area contributed by atoms with Gasteiger partial charge in [0.25, 0.3) is 0 Å². The van der Waals surface area contributed by atoms with Crippen LogP contribution in [0.4, 0.5) is 0 Å². The Balaban J connectivity index is 1.56. The molecule has 1 atom stereocenters. The first kappa shape index (κ1) is 13.1. The lowest BCUT2D eigenvalue weighted by atomic mass is 10.0. The molecule has 0 heterocycles. The Morgan fingerprint density at radius 3 is 2.33 bits per heavy atom. The molecule has 0 bridgehead atoms. The van der Waals surface area contributed by atoms with Gasteiger partial charge in [0.05, 0.1) is 11.5 Å². The molecule has 0 radical (unpaired) electrons. The summed E-state index contributed by atoms with van der Waals surface area (Å²) in [6, 6.07) is 0. The molecule has 0 aromatic rings. The lowest BCUT2D eigenvalue weighted by Gasteiger charge is -2.30. The van der Waals surface area contributed by atoms with E-state index in [0.717, 1.165) is 80.2 Å². The van der Waals surface area contributed by atoms with E-state index < -0.39 is 0 Å². The number of ether oxygens (including phenoxy) is 3. The van der Waals surface area contributed by atoms with Crippen molar-refractivity contribution >= 4 is 0 Å². The first-order valence-electron chi connectivity index (χ1n) is 8.21. The zero-order valence-electron chi connectivity index (χ0n) is 12.4. The third-order valence-corrected chi connectivity index (χ3v) is 4.36. The summed E-state index contributed by atoms with van der Waals surface area (Å²) in [5.41, 5.74) is 0. The predicted molar refractivity (Wildman–Crippen MR) is 79.9 cm³/mol. The van der Waals surface area contributed by atoms with Crippen molar-refractivity contribution in [3.8, 4) is 0 Å². The molecule has 4 aliphatic rings. The molecule has 0 aromatic heterocycles. The van der Waals surface area contributed by atoms with Gasteiger partial charge in [-0.1, -0.05) is 0 Å². The van der Waals surface area contributed by atoms with E-state index in [1.54, 1.807) is 0 Å². The first-order chi connectivity index (χ1) is 10.4. The molecule has 4 rings (SSSR count). The minimum absolute atomic E-state index is 0.0333. The van der Waals surface area contributed by atoms with Crippen molar-refractivity contribution in [3.05, 3.63) is 47.0 Å². The second-order valence-electron chi connectivity index (χ2n) is 6.14. The van der Waals surface area contributed by atoms with Crippen LogP contribution in [0.15, 0.2) is 47.0 Å². The zero-order valence-corrected chi connectivity index (χ0v) is 12.4. The molecule has 4 aliphatic carbocycles. The van der Waals surface area contributed by atoms with Crippen LogP contribution in [0.1, 0.15) is 57.8 Å². The van der Waals surface area contributed by atoms with E-state index in [4.69, 9.17) is 14.2 Å². The Morgan fingerprint density at radius 2 is 1.67 bits per heavy atom. The molecule has 0 aliphatic heterocycles. The fourth-order valence-electron chi connectivity index (χ4n) is 2.93. The maximum Gasteiger partial charge on any atom is 0.182 e. The van der Waals surface area contributed by atoms with Crippen molar-refractivity contribution in [2.45, 2.75) is 63.9 Å². The lowest BCUT2D eigenvalue weighted by Crippen LogP contribution is -2.23. The van der Waals surface area contributed by atoms with Crippen molar-refractivity contribution in [1.82, 2.24) is 0 Å². The van der Waals surface area contributed by atoms with Gasteiger partial charge in [-0.05, 0) is 50.3 Å². The topological polar surface area (TPSA) is 27.7 Å². The van der Waals surface area contributed by atoms with Crippen LogP contribution in [0.3, 0.4) is 0 Å². The van der Waals surface area contributed by atoms with Crippen molar-refractivity contribution in [1.29, 1.82) is 0 Å². The highest BCUT2D eigenvalue weighted by Crippen LogP contribution is 2.38. The van der Waals surface area contributed by atoms with Gasteiger partial charge in [0.2, 0.25) is 0 Å². The summed E-state index contributed by atoms with van der Waals surface area (Å²) >= 11 is 0. The summed E-state index contributed by atoms with van der Waals surface area (Å²) in [6.07, 6.45) is 16.1. The Morgan fingerprint density at radius 1 is 0.810 bits per heavy atom. The van der Waals surface area contributed by atoms with Crippen molar-refractivity contribution < 1.29 is 14.2 Å². The van der Waals surface area contributed by atoms with Crippen LogP contribution in [-0.2, 0) is 14.2 Å². The van der Waals surface area contributed by atoms with Gasteiger partial charge in [0, 0.05) is 25.7 Å². The van der Waals surface area contributed by atoms with E-state index in [9.17, 15) is 0 Å². The number of rotatable bonds is 6. The highest BCUT2D eigenvalue weighted by atomic mass is 16.6. The molecule has 21 heavy (non-hydrogen) atoms. The zero-order chi connectivity index (χ0) is 14.1. The molecule has 0 spiro atoms. The smallest absolute Gasteiger partial charge is 0.182 e. The SMILES string of the molecule is C1=C(OC2=C(OC3=CCC3)C(OC3=CC3)CCC2)CCC1. The number of hydrogen-bond acceptors (Lipinski definition) is 3. The van der Waals surface area contributed by atoms with Crippen LogP contribution in [0.5, 0.6) is 0 Å². The largest absolute Gasteiger partial charge is 0.487 e. The summed E-state index contributed by atoms with van der Waals surface area (Å²) in [7, 11) is 0.